The van der Waals surface area contributed by atoms with E-state index in [2.05, 4.69) is 15.8 Å². The number of halogens is 1. The van der Waals surface area contributed by atoms with Crippen LogP contribution in [0.2, 0.25) is 5.15 Å². The van der Waals surface area contributed by atoms with Crippen molar-refractivity contribution >= 4 is 17.6 Å². The average molecular weight is 171 g/mol. The third-order valence-electron chi connectivity index (χ3n) is 1.06. The Hall–Kier alpha value is -1.09. The van der Waals surface area contributed by atoms with Crippen LogP contribution in [0.15, 0.2) is 12.1 Å². The van der Waals surface area contributed by atoms with Crippen molar-refractivity contribution in [2.24, 2.45) is 0 Å². The van der Waals surface area contributed by atoms with Crippen LogP contribution >= 0.6 is 11.6 Å². The highest BCUT2D eigenvalue weighted by Crippen LogP contribution is 2.04. The maximum Gasteiger partial charge on any atom is 0.356 e. The normalized spacial score (nSPS) is 9.27. The molecular formula is C7H5ClNO2. The monoisotopic (exact) mass is 170 g/mol. The number of methoxy groups -OCH3 is 1. The lowest BCUT2D eigenvalue weighted by molar-refractivity contribution is 0.0594. The van der Waals surface area contributed by atoms with Gasteiger partial charge in [0.2, 0.25) is 0 Å². The number of hydrogen-bond donors (Lipinski definition) is 0. The number of hydrogen-bond acceptors (Lipinski definition) is 3. The van der Waals surface area contributed by atoms with Gasteiger partial charge in [-0.3, -0.25) is 0 Å². The fraction of sp³-hybridized carbons (Fsp3) is 0.143. The fourth-order valence-corrected chi connectivity index (χ4v) is 0.737. The molecule has 4 heteroatoms. The van der Waals surface area contributed by atoms with Crippen LogP contribution in [0.25, 0.3) is 0 Å². The molecule has 57 valence electrons. The third kappa shape index (κ3) is 1.91. The van der Waals surface area contributed by atoms with Gasteiger partial charge in [-0.2, -0.15) is 0 Å². The molecule has 1 heterocycles. The number of carbonyl (C=O) groups excluding carboxylic acids is 1. The van der Waals surface area contributed by atoms with Crippen LogP contribution in [0.1, 0.15) is 10.5 Å². The number of carbonyl (C=O) groups is 1. The van der Waals surface area contributed by atoms with E-state index in [0.717, 1.165) is 0 Å². The first-order chi connectivity index (χ1) is 5.24. The van der Waals surface area contributed by atoms with Gasteiger partial charge in [0.1, 0.15) is 10.8 Å². The molecule has 0 aromatic carbocycles. The van der Waals surface area contributed by atoms with E-state index in [0.29, 0.717) is 0 Å². The van der Waals surface area contributed by atoms with E-state index >= 15 is 0 Å². The van der Waals surface area contributed by atoms with E-state index in [1.807, 2.05) is 0 Å². The molecule has 0 unspecified atom stereocenters. The maximum absolute atomic E-state index is 10.8. The van der Waals surface area contributed by atoms with Crippen molar-refractivity contribution in [1.82, 2.24) is 4.98 Å². The predicted octanol–water partition coefficient (Wildman–Crippen LogP) is 1.32. The first-order valence-corrected chi connectivity index (χ1v) is 3.24. The van der Waals surface area contributed by atoms with Crippen LogP contribution in [-0.2, 0) is 4.74 Å². The summed E-state index contributed by atoms with van der Waals surface area (Å²) in [5, 5.41) is 0.160. The van der Waals surface area contributed by atoms with Gasteiger partial charge in [-0.25, -0.2) is 9.78 Å². The van der Waals surface area contributed by atoms with E-state index < -0.39 is 5.97 Å². The van der Waals surface area contributed by atoms with Gasteiger partial charge in [0.05, 0.1) is 7.11 Å². The number of pyridine rings is 1. The lowest BCUT2D eigenvalue weighted by Crippen LogP contribution is -2.03. The number of esters is 1. The van der Waals surface area contributed by atoms with Gasteiger partial charge >= 0.3 is 5.97 Å². The zero-order valence-corrected chi connectivity index (χ0v) is 6.55. The van der Waals surface area contributed by atoms with E-state index in [4.69, 9.17) is 11.6 Å². The van der Waals surface area contributed by atoms with Gasteiger partial charge in [-0.15, -0.1) is 0 Å². The second-order valence-corrected chi connectivity index (χ2v) is 2.12. The Morgan fingerprint density at radius 3 is 3.09 bits per heavy atom. The van der Waals surface area contributed by atoms with Gasteiger partial charge in [0.15, 0.2) is 0 Å². The molecule has 1 radical (unpaired) electrons. The summed E-state index contributed by atoms with van der Waals surface area (Å²) < 4.78 is 4.42. The number of rotatable bonds is 1. The molecule has 0 atom stereocenters. The summed E-state index contributed by atoms with van der Waals surface area (Å²) in [7, 11) is 1.29. The first-order valence-electron chi connectivity index (χ1n) is 2.86. The van der Waals surface area contributed by atoms with Crippen molar-refractivity contribution < 1.29 is 9.53 Å². The molecule has 1 aromatic rings. The van der Waals surface area contributed by atoms with Crippen LogP contribution in [-0.4, -0.2) is 18.1 Å². The first kappa shape index (κ1) is 8.01. The molecule has 1 rings (SSSR count). The van der Waals surface area contributed by atoms with E-state index in [1.54, 1.807) is 0 Å². The van der Waals surface area contributed by atoms with Crippen molar-refractivity contribution in [3.8, 4) is 0 Å². The van der Waals surface area contributed by atoms with E-state index in [1.165, 1.54) is 19.2 Å². The highest BCUT2D eigenvalue weighted by atomic mass is 35.5. The molecule has 11 heavy (non-hydrogen) atoms. The summed E-state index contributed by atoms with van der Waals surface area (Å²) in [5.41, 5.74) is 0.191. The summed E-state index contributed by atoms with van der Waals surface area (Å²) in [5.74, 6) is -0.499. The Balaban J connectivity index is 2.96. The van der Waals surface area contributed by atoms with E-state index in [9.17, 15) is 4.79 Å². The summed E-state index contributed by atoms with van der Waals surface area (Å²) in [6.45, 7) is 0. The summed E-state index contributed by atoms with van der Waals surface area (Å²) in [6.07, 6.45) is 0. The molecule has 0 amide bonds. The Morgan fingerprint density at radius 2 is 2.55 bits per heavy atom. The topological polar surface area (TPSA) is 39.2 Å². The minimum absolute atomic E-state index is 0.160. The number of aromatic nitrogens is 1. The highest BCUT2D eigenvalue weighted by Gasteiger charge is 2.05. The molecule has 0 aliphatic heterocycles. The molecule has 0 spiro atoms. The molecule has 3 nitrogen and oxygen atoms in total. The van der Waals surface area contributed by atoms with Crippen molar-refractivity contribution in [2.45, 2.75) is 0 Å². The van der Waals surface area contributed by atoms with Crippen LogP contribution in [0.3, 0.4) is 0 Å². The van der Waals surface area contributed by atoms with Crippen molar-refractivity contribution in [3.63, 3.8) is 0 Å². The van der Waals surface area contributed by atoms with E-state index in [-0.39, 0.29) is 10.8 Å². The van der Waals surface area contributed by atoms with Crippen LogP contribution in [0.4, 0.5) is 0 Å². The zero-order chi connectivity index (χ0) is 8.27. The largest absolute Gasteiger partial charge is 0.464 e. The molecule has 0 saturated heterocycles. The summed E-state index contributed by atoms with van der Waals surface area (Å²) in [6, 6.07) is 5.60. The van der Waals surface area contributed by atoms with Crippen molar-refractivity contribution in [2.75, 3.05) is 7.11 Å². The summed E-state index contributed by atoms with van der Waals surface area (Å²) in [4.78, 5) is 14.5. The molecular weight excluding hydrogens is 166 g/mol. The van der Waals surface area contributed by atoms with Gasteiger partial charge in [-0.1, -0.05) is 11.6 Å². The SMILES string of the molecule is COC(=O)c1cc[c]c(Cl)n1. The smallest absolute Gasteiger partial charge is 0.356 e. The van der Waals surface area contributed by atoms with Gasteiger partial charge in [0, 0.05) is 6.07 Å². The molecule has 0 fully saturated rings. The van der Waals surface area contributed by atoms with Crippen LogP contribution in [0.5, 0.6) is 0 Å². The van der Waals surface area contributed by atoms with Crippen LogP contribution < -0.4 is 0 Å². The Bertz CT molecular complexity index is 275. The predicted molar refractivity (Wildman–Crippen MR) is 39.4 cm³/mol. The standard InChI is InChI=1S/C7H5ClNO2/c1-11-7(10)5-3-2-4-6(8)9-5/h2-3H,1H3. The van der Waals surface area contributed by atoms with Gasteiger partial charge in [-0.05, 0) is 12.1 Å². The summed E-state index contributed by atoms with van der Waals surface area (Å²) >= 11 is 5.47. The quantitative estimate of drug-likeness (QED) is 0.472. The Labute approximate surface area is 69.0 Å². The van der Waals surface area contributed by atoms with Gasteiger partial charge < -0.3 is 4.74 Å². The Morgan fingerprint density at radius 1 is 1.82 bits per heavy atom. The average Bonchev–Trinajstić information content (AvgIpc) is 2.03. The Kier molecular flexibility index (Phi) is 2.44. The second kappa shape index (κ2) is 3.34. The minimum atomic E-state index is -0.499. The molecule has 0 aliphatic carbocycles. The highest BCUT2D eigenvalue weighted by molar-refractivity contribution is 6.29. The second-order valence-electron chi connectivity index (χ2n) is 1.76. The molecule has 0 N–H and O–H groups in total. The maximum atomic E-state index is 10.8. The fourth-order valence-electron chi connectivity index (χ4n) is 0.583. The molecule has 0 bridgehead atoms. The minimum Gasteiger partial charge on any atom is -0.464 e. The lowest BCUT2D eigenvalue weighted by atomic mass is 10.4. The van der Waals surface area contributed by atoms with Crippen molar-refractivity contribution in [1.29, 1.82) is 0 Å². The third-order valence-corrected chi connectivity index (χ3v) is 1.25. The zero-order valence-electron chi connectivity index (χ0n) is 5.80. The number of nitrogens with zero attached hydrogens (tertiary/aromatic N) is 1. The lowest BCUT2D eigenvalue weighted by Gasteiger charge is -1.96. The molecule has 1 aromatic heterocycles. The van der Waals surface area contributed by atoms with Crippen molar-refractivity contribution in [3.05, 3.63) is 29.0 Å². The molecule has 0 aliphatic rings. The van der Waals surface area contributed by atoms with Gasteiger partial charge in [0.25, 0.3) is 0 Å². The van der Waals surface area contributed by atoms with Crippen LogP contribution in [0, 0.1) is 6.07 Å². The molecule has 0 saturated carbocycles. The number of ether oxygens (including phenoxy) is 1.